The summed E-state index contributed by atoms with van der Waals surface area (Å²) in [6, 6.07) is 6.73. The number of ketones is 3. The van der Waals surface area contributed by atoms with E-state index in [4.69, 9.17) is 30.1 Å². The normalized spacial score (nSPS) is 32.7. The van der Waals surface area contributed by atoms with Gasteiger partial charge < -0.3 is 48.6 Å². The minimum absolute atomic E-state index is 0.00451. The minimum atomic E-state index is -2.46. The lowest BCUT2D eigenvalue weighted by molar-refractivity contribution is -0.265. The van der Waals surface area contributed by atoms with Gasteiger partial charge in [0.1, 0.15) is 30.1 Å². The lowest BCUT2D eigenvalue weighted by Crippen LogP contribution is -2.61. The number of methoxy groups -OCH3 is 3. The molecule has 15 atom stereocenters. The highest BCUT2D eigenvalue weighted by molar-refractivity contribution is 6.39. The first-order valence-electron chi connectivity index (χ1n) is 33.4. The molecule has 4 aliphatic heterocycles. The van der Waals surface area contributed by atoms with Gasteiger partial charge in [0.05, 0.1) is 36.2 Å². The highest BCUT2D eigenvalue weighted by atomic mass is 16.6. The third-order valence-corrected chi connectivity index (χ3v) is 19.9. The van der Waals surface area contributed by atoms with Crippen molar-refractivity contribution in [2.75, 3.05) is 59.0 Å². The smallest absolute Gasteiger partial charge is 0.329 e. The number of nitrogens with zero attached hydrogens (tertiary/aromatic N) is 8. The van der Waals surface area contributed by atoms with Crippen LogP contribution >= 0.6 is 0 Å². The van der Waals surface area contributed by atoms with Gasteiger partial charge in [-0.2, -0.15) is 0 Å². The molecule has 2 amide bonds. The molecule has 2 bridgehead atoms. The van der Waals surface area contributed by atoms with Gasteiger partial charge in [0.2, 0.25) is 17.6 Å². The zero-order valence-electron chi connectivity index (χ0n) is 56.1. The molecule has 0 spiro atoms. The minimum Gasteiger partial charge on any atom is -0.460 e. The number of terminal acetylenes is 1. The number of aliphatic hydroxyl groups is 2. The van der Waals surface area contributed by atoms with E-state index in [9.17, 15) is 39.0 Å². The predicted molar refractivity (Wildman–Crippen MR) is 352 cm³/mol. The molecule has 3 saturated heterocycles. The van der Waals surface area contributed by atoms with Crippen LogP contribution in [0.2, 0.25) is 0 Å². The van der Waals surface area contributed by atoms with E-state index in [0.717, 1.165) is 34.4 Å². The molecule has 1 aliphatic carbocycles. The van der Waals surface area contributed by atoms with Crippen molar-refractivity contribution in [3.63, 3.8) is 0 Å². The second-order valence-corrected chi connectivity index (χ2v) is 26.6. The average Bonchev–Trinajstić information content (AvgIpc) is 1.21. The molecule has 2 N–H and O–H groups in total. The quantitative estimate of drug-likeness (QED) is 0.0743. The number of aliphatic hydroxyl groups excluding tert-OH is 1. The van der Waals surface area contributed by atoms with Gasteiger partial charge in [-0.3, -0.25) is 24.0 Å². The maximum Gasteiger partial charge on any atom is 0.329 e. The number of carbonyl (C=O) groups is 6. The number of allylic oxidation sites excluding steroid dienone is 6. The van der Waals surface area contributed by atoms with Crippen molar-refractivity contribution in [2.24, 2.45) is 35.5 Å². The van der Waals surface area contributed by atoms with Crippen LogP contribution in [0.5, 0.6) is 0 Å². The summed E-state index contributed by atoms with van der Waals surface area (Å²) in [6.45, 7) is 15.2. The van der Waals surface area contributed by atoms with Gasteiger partial charge in [0.25, 0.3) is 11.7 Å². The maximum atomic E-state index is 14.8. The van der Waals surface area contributed by atoms with E-state index >= 15 is 0 Å². The number of hydrogen-bond donors (Lipinski definition) is 2. The molecular formula is C72H98N8O13. The molecule has 4 fully saturated rings. The Morgan fingerprint density at radius 1 is 0.817 bits per heavy atom. The van der Waals surface area contributed by atoms with Gasteiger partial charge in [-0.1, -0.05) is 101 Å². The number of ether oxygens (including phenoxy) is 5. The van der Waals surface area contributed by atoms with Gasteiger partial charge in [0.15, 0.2) is 5.78 Å². The number of fused-ring (bicyclic) bond motifs is 3. The molecule has 1 aromatic carbocycles. The fourth-order valence-electron chi connectivity index (χ4n) is 14.1. The number of Topliss-reactive ketones (excluding diaryl/α,β-unsaturated/α-hetero) is 3. The molecule has 5 aliphatic rings. The van der Waals surface area contributed by atoms with Crippen molar-refractivity contribution in [2.45, 2.75) is 193 Å². The Morgan fingerprint density at radius 3 is 2.23 bits per heavy atom. The van der Waals surface area contributed by atoms with E-state index in [2.05, 4.69) is 31.1 Å². The van der Waals surface area contributed by atoms with Crippen LogP contribution in [0, 0.1) is 47.9 Å². The van der Waals surface area contributed by atoms with Crippen LogP contribution in [0.4, 0.5) is 5.95 Å². The molecule has 0 radical (unpaired) electrons. The predicted octanol–water partition coefficient (Wildman–Crippen LogP) is 8.84. The number of benzene rings is 1. The number of anilines is 1. The third-order valence-electron chi connectivity index (χ3n) is 19.9. The number of esters is 1. The molecule has 2 aromatic heterocycles. The zero-order chi connectivity index (χ0) is 67.1. The van der Waals surface area contributed by atoms with Crippen molar-refractivity contribution < 1.29 is 62.7 Å². The van der Waals surface area contributed by atoms with Crippen molar-refractivity contribution >= 4 is 41.1 Å². The van der Waals surface area contributed by atoms with E-state index in [1.165, 1.54) is 12.0 Å². The molecule has 0 unspecified atom stereocenters. The topological polar surface area (TPSA) is 255 Å². The number of piperidine rings is 1. The first-order valence-corrected chi connectivity index (χ1v) is 33.4. The SMILES string of the molecule is C#CCCC(=O)N1CCN(c2ncc(-c3ccc(-c4cnnn4[C@H]4CC[C@@H](C[C@@H](C)[C@@H]5CC(=O)[C@H](C)/C=C(\C)[C@@H](O)[C@@H](OC)C(=O)[C@H](C)C[C@H](C)/C=C/C=C/C=C(\C)[C@@H](OC)C[C@@H]6CC[C@@H](C)[C@@](O)(O6)C(=O)C(=O)N6CCCC[C@H]6C(=O)O5)C[C@H]4OC)cc3)cn2)CC1. The summed E-state index contributed by atoms with van der Waals surface area (Å²) in [6.07, 6.45) is 23.2. The van der Waals surface area contributed by atoms with Gasteiger partial charge in [-0.15, -0.1) is 17.4 Å². The van der Waals surface area contributed by atoms with Crippen molar-refractivity contribution in [3.8, 4) is 34.7 Å². The fraction of sp³-hybridized carbons (Fsp3) is 0.611. The zero-order valence-corrected chi connectivity index (χ0v) is 56.1. The lowest BCUT2D eigenvalue weighted by atomic mass is 9.77. The monoisotopic (exact) mass is 1280 g/mol. The summed E-state index contributed by atoms with van der Waals surface area (Å²) in [7, 11) is 4.65. The summed E-state index contributed by atoms with van der Waals surface area (Å²) in [5.74, 6) is -5.09. The molecule has 1 saturated carbocycles. The van der Waals surface area contributed by atoms with Crippen LogP contribution in [0.1, 0.15) is 144 Å². The highest BCUT2D eigenvalue weighted by Crippen LogP contribution is 2.41. The van der Waals surface area contributed by atoms with Crippen molar-refractivity contribution in [3.05, 3.63) is 90.5 Å². The number of hydrogen-bond acceptors (Lipinski definition) is 18. The summed E-state index contributed by atoms with van der Waals surface area (Å²) in [5.41, 5.74) is 4.76. The molecule has 93 heavy (non-hydrogen) atoms. The number of aromatic nitrogens is 5. The fourth-order valence-corrected chi connectivity index (χ4v) is 14.1. The standard InChI is InChI=1S/C72H98N8O13/c1-12-13-22-64(82)77-32-34-78(35-33-77)71-73-42-55(43-74-71)53-25-27-54(28-26-53)59-44-75-76-80(59)57-30-24-52(39-63(57)90-10)38-48(5)62-41-60(81)47(4)37-50(7)66(84)67(91-11)65(83)49(6)36-45(2)19-15-14-16-20-46(3)61(89-9)40-56-29-23-51(8)72(88,93-56)68(85)69(86)79-31-18-17-21-58(79)70(87)92-62/h1,14-16,19-20,25-28,37,42-45,47-49,51-52,56-58,61-63,66-67,84,88H,13,17-18,21-24,29-36,38-41H2,2-11H3/b16-14+,19-15+,46-20+,50-37+/t45-,47-,48-,49-,51-,52+,56+,57+,58+,61+,62+,63-,66-,67+,72-/m1/s1. The Labute approximate surface area is 548 Å². The number of cyclic esters (lactones) is 1. The number of piperazine rings is 1. The molecule has 21 heteroatoms. The van der Waals surface area contributed by atoms with E-state index < -0.39 is 83.7 Å². The van der Waals surface area contributed by atoms with E-state index in [1.54, 1.807) is 47.3 Å². The van der Waals surface area contributed by atoms with E-state index in [0.29, 0.717) is 108 Å². The summed E-state index contributed by atoms with van der Waals surface area (Å²) in [5, 5.41) is 32.8. The van der Waals surface area contributed by atoms with Gasteiger partial charge >= 0.3 is 5.97 Å². The van der Waals surface area contributed by atoms with E-state index in [1.807, 2.05) is 104 Å². The maximum absolute atomic E-state index is 14.8. The second-order valence-electron chi connectivity index (χ2n) is 26.6. The number of rotatable bonds is 12. The van der Waals surface area contributed by atoms with Gasteiger partial charge in [-0.05, 0) is 113 Å². The Kier molecular flexibility index (Phi) is 25.7. The third kappa shape index (κ3) is 17.8. The number of carbonyl (C=O) groups excluding carboxylic acids is 6. The Bertz CT molecular complexity index is 3220. The van der Waals surface area contributed by atoms with Crippen LogP contribution in [0.25, 0.3) is 22.4 Å². The van der Waals surface area contributed by atoms with Crippen LogP contribution in [-0.2, 0) is 52.5 Å². The van der Waals surface area contributed by atoms with Crippen LogP contribution in [-0.4, -0.2) is 183 Å². The Hall–Kier alpha value is -7.06. The Morgan fingerprint density at radius 2 is 1.54 bits per heavy atom. The molecule has 8 rings (SSSR count). The van der Waals surface area contributed by atoms with E-state index in [-0.39, 0.29) is 60.8 Å². The van der Waals surface area contributed by atoms with Gasteiger partial charge in [-0.25, -0.2) is 19.4 Å². The first-order chi connectivity index (χ1) is 44.6. The lowest BCUT2D eigenvalue weighted by Gasteiger charge is -2.42. The molecular weight excluding hydrogens is 1180 g/mol. The summed E-state index contributed by atoms with van der Waals surface area (Å²) < 4.78 is 32.4. The van der Waals surface area contributed by atoms with Crippen molar-refractivity contribution in [1.29, 1.82) is 0 Å². The molecule has 504 valence electrons. The molecule has 6 heterocycles. The van der Waals surface area contributed by atoms with Crippen LogP contribution in [0.3, 0.4) is 0 Å². The number of amides is 2. The van der Waals surface area contributed by atoms with Gasteiger partial charge in [0, 0.05) is 121 Å². The first kappa shape index (κ1) is 71.8. The summed E-state index contributed by atoms with van der Waals surface area (Å²) >= 11 is 0. The highest BCUT2D eigenvalue weighted by Gasteiger charge is 2.53. The second kappa shape index (κ2) is 33.4. The van der Waals surface area contributed by atoms with Crippen LogP contribution in [0.15, 0.2) is 90.5 Å². The van der Waals surface area contributed by atoms with Crippen molar-refractivity contribution in [1.82, 2.24) is 34.8 Å². The molecule has 3 aromatic rings. The summed E-state index contributed by atoms with van der Waals surface area (Å²) in [4.78, 5) is 99.4. The molecule has 21 nitrogen and oxygen atoms in total. The largest absolute Gasteiger partial charge is 0.460 e. The average molecular weight is 1280 g/mol. The Balaban J connectivity index is 0.991. The van der Waals surface area contributed by atoms with Crippen LogP contribution < -0.4 is 4.90 Å².